The minimum atomic E-state index is 0.0364. The number of hydrogen-bond donors (Lipinski definition) is 0. The average molecular weight is 223 g/mol. The first kappa shape index (κ1) is 15.4. The van der Waals surface area contributed by atoms with E-state index in [-0.39, 0.29) is 5.54 Å². The first-order valence-corrected chi connectivity index (χ1v) is 6.52. The van der Waals surface area contributed by atoms with Crippen molar-refractivity contribution in [2.24, 2.45) is 10.9 Å². The zero-order valence-electron chi connectivity index (χ0n) is 12.2. The summed E-state index contributed by atoms with van der Waals surface area (Å²) in [5.74, 6) is 0.623. The molecule has 0 atom stereocenters. The lowest BCUT2D eigenvalue weighted by molar-refractivity contribution is 0.585. The van der Waals surface area contributed by atoms with Gasteiger partial charge in [0.1, 0.15) is 0 Å². The fourth-order valence-corrected chi connectivity index (χ4v) is 1.37. The smallest absolute Gasteiger partial charge is 0.0524 e. The summed E-state index contributed by atoms with van der Waals surface area (Å²) in [6.45, 7) is 15.4. The van der Waals surface area contributed by atoms with Crippen LogP contribution in [0.1, 0.15) is 67.7 Å². The molecule has 16 heavy (non-hydrogen) atoms. The Morgan fingerprint density at radius 2 is 1.81 bits per heavy atom. The zero-order valence-corrected chi connectivity index (χ0v) is 12.2. The highest BCUT2D eigenvalue weighted by Crippen LogP contribution is 2.19. The lowest BCUT2D eigenvalue weighted by Crippen LogP contribution is -2.10. The Labute approximate surface area is 102 Å². The van der Waals surface area contributed by atoms with Crippen molar-refractivity contribution < 1.29 is 0 Å². The van der Waals surface area contributed by atoms with Gasteiger partial charge in [0.2, 0.25) is 0 Å². The van der Waals surface area contributed by atoms with Gasteiger partial charge in [0.25, 0.3) is 0 Å². The number of unbranched alkanes of at least 4 members (excludes halogenated alkanes) is 1. The molecular weight excluding hydrogens is 194 g/mol. The van der Waals surface area contributed by atoms with E-state index in [0.717, 1.165) is 0 Å². The maximum absolute atomic E-state index is 4.63. The van der Waals surface area contributed by atoms with Crippen LogP contribution in [0.25, 0.3) is 0 Å². The van der Waals surface area contributed by atoms with Crippen LogP contribution in [-0.2, 0) is 0 Å². The van der Waals surface area contributed by atoms with Gasteiger partial charge in [-0.25, -0.2) is 0 Å². The van der Waals surface area contributed by atoms with E-state index >= 15 is 0 Å². The molecule has 0 aliphatic carbocycles. The topological polar surface area (TPSA) is 12.4 Å². The van der Waals surface area contributed by atoms with E-state index in [2.05, 4.69) is 59.7 Å². The van der Waals surface area contributed by atoms with Crippen LogP contribution in [0.3, 0.4) is 0 Å². The molecule has 0 aromatic heterocycles. The Balaban J connectivity index is 4.82. The second-order valence-electron chi connectivity index (χ2n) is 5.90. The Bertz CT molecular complexity index is 251. The first-order valence-electron chi connectivity index (χ1n) is 6.52. The van der Waals surface area contributed by atoms with Gasteiger partial charge in [0, 0.05) is 6.21 Å². The van der Waals surface area contributed by atoms with Crippen LogP contribution in [0.15, 0.2) is 16.1 Å². The Kier molecular flexibility index (Phi) is 6.62. The predicted octanol–water partition coefficient (Wildman–Crippen LogP) is 5.02. The molecule has 0 fully saturated rings. The van der Waals surface area contributed by atoms with Gasteiger partial charge in [-0.1, -0.05) is 32.8 Å². The number of aliphatic imine (C=N–C) groups is 1. The van der Waals surface area contributed by atoms with Crippen LogP contribution in [0.5, 0.6) is 0 Å². The van der Waals surface area contributed by atoms with E-state index in [1.165, 1.54) is 30.4 Å². The van der Waals surface area contributed by atoms with Gasteiger partial charge < -0.3 is 0 Å². The van der Waals surface area contributed by atoms with E-state index in [0.29, 0.717) is 5.92 Å². The average Bonchev–Trinajstić information content (AvgIpc) is 2.15. The van der Waals surface area contributed by atoms with Gasteiger partial charge in [-0.15, -0.1) is 0 Å². The number of allylic oxidation sites excluding steroid dienone is 2. The molecule has 0 spiro atoms. The molecule has 0 aromatic rings. The van der Waals surface area contributed by atoms with Gasteiger partial charge in [0.05, 0.1) is 5.54 Å². The molecule has 0 saturated heterocycles. The van der Waals surface area contributed by atoms with Gasteiger partial charge in [-0.05, 0) is 52.0 Å². The Morgan fingerprint density at radius 3 is 2.19 bits per heavy atom. The second kappa shape index (κ2) is 6.88. The Hall–Kier alpha value is -0.590. The fraction of sp³-hybridized carbons (Fsp3) is 0.800. The van der Waals surface area contributed by atoms with Crippen molar-refractivity contribution in [1.82, 2.24) is 0 Å². The maximum atomic E-state index is 4.63. The van der Waals surface area contributed by atoms with Crippen molar-refractivity contribution in [2.45, 2.75) is 73.3 Å². The molecule has 1 nitrogen and oxygen atoms in total. The molecule has 0 radical (unpaired) electrons. The second-order valence-corrected chi connectivity index (χ2v) is 5.90. The third-order valence-electron chi connectivity index (χ3n) is 2.78. The van der Waals surface area contributed by atoms with E-state index in [1.807, 2.05) is 0 Å². The molecule has 0 aliphatic rings. The fourth-order valence-electron chi connectivity index (χ4n) is 1.37. The number of nitrogens with zero attached hydrogens (tertiary/aromatic N) is 1. The van der Waals surface area contributed by atoms with Crippen molar-refractivity contribution in [3.05, 3.63) is 11.1 Å². The highest BCUT2D eigenvalue weighted by molar-refractivity contribution is 5.80. The van der Waals surface area contributed by atoms with Gasteiger partial charge in [-0.3, -0.25) is 4.99 Å². The van der Waals surface area contributed by atoms with Crippen molar-refractivity contribution in [3.8, 4) is 0 Å². The van der Waals surface area contributed by atoms with Crippen LogP contribution < -0.4 is 0 Å². The third-order valence-corrected chi connectivity index (χ3v) is 2.78. The van der Waals surface area contributed by atoms with Crippen molar-refractivity contribution in [3.63, 3.8) is 0 Å². The Morgan fingerprint density at radius 1 is 1.25 bits per heavy atom. The molecule has 0 heterocycles. The zero-order chi connectivity index (χ0) is 12.8. The molecule has 0 N–H and O–H groups in total. The standard InChI is InChI=1S/C15H29N/c1-8-9-10-14(13(4)12(2)3)11-16-15(5,6)7/h11-12H,8-10H2,1-7H3/b14-13-,16-11?. The molecule has 0 amide bonds. The van der Waals surface area contributed by atoms with E-state index in [4.69, 9.17) is 0 Å². The lowest BCUT2D eigenvalue weighted by atomic mass is 9.96. The minimum Gasteiger partial charge on any atom is -0.287 e. The summed E-state index contributed by atoms with van der Waals surface area (Å²) in [7, 11) is 0. The van der Waals surface area contributed by atoms with Gasteiger partial charge in [-0.2, -0.15) is 0 Å². The van der Waals surface area contributed by atoms with Crippen LogP contribution in [0.4, 0.5) is 0 Å². The molecular formula is C15H29N. The molecule has 0 bridgehead atoms. The molecule has 0 aliphatic heterocycles. The monoisotopic (exact) mass is 223 g/mol. The summed E-state index contributed by atoms with van der Waals surface area (Å²) >= 11 is 0. The summed E-state index contributed by atoms with van der Waals surface area (Å²) in [6, 6.07) is 0. The van der Waals surface area contributed by atoms with Crippen LogP contribution in [0.2, 0.25) is 0 Å². The number of hydrogen-bond acceptors (Lipinski definition) is 1. The quantitative estimate of drug-likeness (QED) is 0.580. The van der Waals surface area contributed by atoms with Gasteiger partial charge >= 0.3 is 0 Å². The van der Waals surface area contributed by atoms with Gasteiger partial charge in [0.15, 0.2) is 0 Å². The van der Waals surface area contributed by atoms with Crippen LogP contribution in [0, 0.1) is 5.92 Å². The maximum Gasteiger partial charge on any atom is 0.0524 e. The summed E-state index contributed by atoms with van der Waals surface area (Å²) < 4.78 is 0. The van der Waals surface area contributed by atoms with Crippen molar-refractivity contribution >= 4 is 6.21 Å². The molecule has 0 aromatic carbocycles. The number of rotatable bonds is 5. The van der Waals surface area contributed by atoms with Crippen LogP contribution in [-0.4, -0.2) is 11.8 Å². The predicted molar refractivity (Wildman–Crippen MR) is 75.3 cm³/mol. The normalized spacial score (nSPS) is 14.8. The van der Waals surface area contributed by atoms with E-state index < -0.39 is 0 Å². The lowest BCUT2D eigenvalue weighted by Gasteiger charge is -2.15. The van der Waals surface area contributed by atoms with Crippen molar-refractivity contribution in [1.29, 1.82) is 0 Å². The SMILES string of the molecule is CCCC/C(C=NC(C)(C)C)=C(\C)C(C)C. The van der Waals surface area contributed by atoms with Crippen molar-refractivity contribution in [2.75, 3.05) is 0 Å². The summed E-state index contributed by atoms with van der Waals surface area (Å²) in [6.07, 6.45) is 5.78. The van der Waals surface area contributed by atoms with E-state index in [1.54, 1.807) is 0 Å². The minimum absolute atomic E-state index is 0.0364. The van der Waals surface area contributed by atoms with E-state index in [9.17, 15) is 0 Å². The molecule has 94 valence electrons. The van der Waals surface area contributed by atoms with Crippen LogP contribution >= 0.6 is 0 Å². The third kappa shape index (κ3) is 6.81. The molecule has 0 rings (SSSR count). The summed E-state index contributed by atoms with van der Waals surface area (Å²) in [4.78, 5) is 4.63. The molecule has 0 unspecified atom stereocenters. The first-order chi connectivity index (χ1) is 7.28. The summed E-state index contributed by atoms with van der Waals surface area (Å²) in [5.41, 5.74) is 2.96. The molecule has 1 heteroatoms. The summed E-state index contributed by atoms with van der Waals surface area (Å²) in [5, 5.41) is 0. The highest BCUT2D eigenvalue weighted by Gasteiger charge is 2.08. The largest absolute Gasteiger partial charge is 0.287 e. The molecule has 0 saturated carbocycles. The highest BCUT2D eigenvalue weighted by atomic mass is 14.8.